The molecule has 1 aromatic rings. The molecule has 0 unspecified atom stereocenters. The van der Waals surface area contributed by atoms with Gasteiger partial charge in [-0.05, 0) is 37.5 Å². The molecular weight excluding hydrogens is 226 g/mol. The normalized spacial score (nSPS) is 24.4. The molecule has 1 fully saturated rings. The number of methoxy groups -OCH3 is 1. The van der Waals surface area contributed by atoms with Crippen LogP contribution in [0.2, 0.25) is 5.02 Å². The molecule has 0 bridgehead atoms. The van der Waals surface area contributed by atoms with Crippen LogP contribution in [0.5, 0.6) is 5.75 Å². The molecule has 1 aromatic carbocycles. The number of hydrogen-bond donors (Lipinski definition) is 2. The lowest BCUT2D eigenvalue weighted by molar-refractivity contribution is 0.171. The number of rotatable bonds is 3. The zero-order valence-corrected chi connectivity index (χ0v) is 10.00. The van der Waals surface area contributed by atoms with E-state index in [9.17, 15) is 5.11 Å². The van der Waals surface area contributed by atoms with E-state index in [1.54, 1.807) is 13.2 Å². The Balaban J connectivity index is 2.16. The highest BCUT2D eigenvalue weighted by Crippen LogP contribution is 2.31. The molecule has 2 atom stereocenters. The first-order valence-corrected chi connectivity index (χ1v) is 5.86. The van der Waals surface area contributed by atoms with Crippen molar-refractivity contribution in [1.29, 1.82) is 0 Å². The number of aliphatic hydroxyl groups excluding tert-OH is 1. The van der Waals surface area contributed by atoms with Gasteiger partial charge in [0.15, 0.2) is 0 Å². The number of anilines is 1. The second-order valence-electron chi connectivity index (χ2n) is 4.09. The molecule has 4 heteroatoms. The molecule has 2 rings (SSSR count). The van der Waals surface area contributed by atoms with Crippen LogP contribution in [-0.2, 0) is 0 Å². The van der Waals surface area contributed by atoms with Crippen LogP contribution >= 0.6 is 11.6 Å². The Hall–Kier alpha value is -0.930. The minimum atomic E-state index is -0.274. The Morgan fingerprint density at radius 1 is 1.44 bits per heavy atom. The van der Waals surface area contributed by atoms with E-state index in [2.05, 4.69) is 5.32 Å². The van der Waals surface area contributed by atoms with Gasteiger partial charge >= 0.3 is 0 Å². The van der Waals surface area contributed by atoms with E-state index >= 15 is 0 Å². The van der Waals surface area contributed by atoms with E-state index in [4.69, 9.17) is 16.3 Å². The summed E-state index contributed by atoms with van der Waals surface area (Å²) in [5, 5.41) is 13.7. The van der Waals surface area contributed by atoms with E-state index in [1.165, 1.54) is 0 Å². The van der Waals surface area contributed by atoms with Crippen LogP contribution < -0.4 is 10.1 Å². The Bertz CT molecular complexity index is 370. The second kappa shape index (κ2) is 4.93. The van der Waals surface area contributed by atoms with E-state index in [0.29, 0.717) is 5.02 Å². The maximum atomic E-state index is 9.75. The van der Waals surface area contributed by atoms with Crippen molar-refractivity contribution in [3.8, 4) is 5.75 Å². The molecule has 16 heavy (non-hydrogen) atoms. The van der Waals surface area contributed by atoms with E-state index < -0.39 is 0 Å². The van der Waals surface area contributed by atoms with Gasteiger partial charge in [-0.15, -0.1) is 0 Å². The minimum absolute atomic E-state index is 0.104. The third-order valence-electron chi connectivity index (χ3n) is 2.98. The predicted octanol–water partition coefficient (Wildman–Crippen LogP) is 2.67. The van der Waals surface area contributed by atoms with Crippen molar-refractivity contribution in [3.63, 3.8) is 0 Å². The van der Waals surface area contributed by atoms with Crippen molar-refractivity contribution in [2.24, 2.45) is 0 Å². The summed E-state index contributed by atoms with van der Waals surface area (Å²) in [6.45, 7) is 0. The molecule has 88 valence electrons. The quantitative estimate of drug-likeness (QED) is 0.855. The smallest absolute Gasteiger partial charge is 0.142 e. The summed E-state index contributed by atoms with van der Waals surface area (Å²) in [5.41, 5.74) is 0.848. The van der Waals surface area contributed by atoms with Crippen molar-refractivity contribution in [1.82, 2.24) is 0 Å². The highest BCUT2D eigenvalue weighted by Gasteiger charge is 2.25. The fourth-order valence-corrected chi connectivity index (χ4v) is 2.27. The molecule has 1 aliphatic carbocycles. The van der Waals surface area contributed by atoms with Gasteiger partial charge < -0.3 is 15.2 Å². The van der Waals surface area contributed by atoms with Crippen LogP contribution in [0.1, 0.15) is 19.3 Å². The maximum Gasteiger partial charge on any atom is 0.142 e. The van der Waals surface area contributed by atoms with Gasteiger partial charge in [0.05, 0.1) is 24.9 Å². The van der Waals surface area contributed by atoms with Crippen LogP contribution in [0.4, 0.5) is 5.69 Å². The molecule has 1 saturated carbocycles. The minimum Gasteiger partial charge on any atom is -0.495 e. The Kier molecular flexibility index (Phi) is 3.56. The maximum absolute atomic E-state index is 9.75. The fraction of sp³-hybridized carbons (Fsp3) is 0.500. The molecule has 0 saturated heterocycles. The van der Waals surface area contributed by atoms with Crippen molar-refractivity contribution < 1.29 is 9.84 Å². The van der Waals surface area contributed by atoms with Crippen LogP contribution in [0, 0.1) is 0 Å². The summed E-state index contributed by atoms with van der Waals surface area (Å²) in [6, 6.07) is 5.54. The lowest BCUT2D eigenvalue weighted by atomic mass is 10.2. The monoisotopic (exact) mass is 241 g/mol. The van der Waals surface area contributed by atoms with Gasteiger partial charge in [0.25, 0.3) is 0 Å². The number of benzene rings is 1. The van der Waals surface area contributed by atoms with Crippen molar-refractivity contribution in [2.45, 2.75) is 31.4 Å². The van der Waals surface area contributed by atoms with Crippen LogP contribution in [0.15, 0.2) is 18.2 Å². The number of nitrogens with one attached hydrogen (secondary N) is 1. The van der Waals surface area contributed by atoms with Crippen molar-refractivity contribution in [2.75, 3.05) is 12.4 Å². The Morgan fingerprint density at radius 2 is 2.25 bits per heavy atom. The molecular formula is C12H16ClNO2. The van der Waals surface area contributed by atoms with Crippen LogP contribution in [0.3, 0.4) is 0 Å². The molecule has 0 heterocycles. The van der Waals surface area contributed by atoms with Crippen molar-refractivity contribution in [3.05, 3.63) is 23.2 Å². The summed E-state index contributed by atoms with van der Waals surface area (Å²) in [6.07, 6.45) is 2.63. The molecule has 3 nitrogen and oxygen atoms in total. The average Bonchev–Trinajstić information content (AvgIpc) is 2.65. The first kappa shape index (κ1) is 11.6. The molecule has 0 radical (unpaired) electrons. The van der Waals surface area contributed by atoms with Crippen molar-refractivity contribution >= 4 is 17.3 Å². The van der Waals surface area contributed by atoms with Crippen LogP contribution in [-0.4, -0.2) is 24.4 Å². The molecule has 0 aromatic heterocycles. The second-order valence-corrected chi connectivity index (χ2v) is 4.53. The van der Waals surface area contributed by atoms with Gasteiger partial charge in [0, 0.05) is 5.02 Å². The fourth-order valence-electron chi connectivity index (χ4n) is 2.10. The van der Waals surface area contributed by atoms with E-state index in [0.717, 1.165) is 30.7 Å². The lowest BCUT2D eigenvalue weighted by Crippen LogP contribution is -2.28. The Labute approximate surface area is 100 Å². The predicted molar refractivity (Wildman–Crippen MR) is 65.3 cm³/mol. The summed E-state index contributed by atoms with van der Waals surface area (Å²) in [5.74, 6) is 0.753. The first-order valence-electron chi connectivity index (χ1n) is 5.49. The van der Waals surface area contributed by atoms with E-state index in [-0.39, 0.29) is 12.1 Å². The largest absolute Gasteiger partial charge is 0.495 e. The summed E-state index contributed by atoms with van der Waals surface area (Å²) >= 11 is 5.94. The molecule has 2 N–H and O–H groups in total. The topological polar surface area (TPSA) is 41.5 Å². The third-order valence-corrected chi connectivity index (χ3v) is 3.22. The number of ether oxygens (including phenoxy) is 1. The van der Waals surface area contributed by atoms with E-state index in [1.807, 2.05) is 12.1 Å². The molecule has 0 aliphatic heterocycles. The standard InChI is InChI=1S/C12H16ClNO2/c1-16-12-6-5-8(13)7-10(12)14-9-3-2-4-11(9)15/h5-7,9,11,14-15H,2-4H2,1H3/t9-,11-/m0/s1. The van der Waals surface area contributed by atoms with Gasteiger partial charge in [0.2, 0.25) is 0 Å². The van der Waals surface area contributed by atoms with Gasteiger partial charge in [0.1, 0.15) is 5.75 Å². The summed E-state index contributed by atoms with van der Waals surface area (Å²) in [4.78, 5) is 0. The lowest BCUT2D eigenvalue weighted by Gasteiger charge is -2.19. The first-order chi connectivity index (χ1) is 7.70. The van der Waals surface area contributed by atoms with Gasteiger partial charge in [-0.1, -0.05) is 11.6 Å². The zero-order chi connectivity index (χ0) is 11.5. The Morgan fingerprint density at radius 3 is 2.88 bits per heavy atom. The van der Waals surface area contributed by atoms with Gasteiger partial charge in [-0.3, -0.25) is 0 Å². The SMILES string of the molecule is COc1ccc(Cl)cc1N[C@H]1CCC[C@@H]1O. The molecule has 1 aliphatic rings. The van der Waals surface area contributed by atoms with Crippen LogP contribution in [0.25, 0.3) is 0 Å². The average molecular weight is 242 g/mol. The third kappa shape index (κ3) is 2.42. The zero-order valence-electron chi connectivity index (χ0n) is 9.24. The molecule has 0 spiro atoms. The highest BCUT2D eigenvalue weighted by molar-refractivity contribution is 6.30. The number of hydrogen-bond acceptors (Lipinski definition) is 3. The highest BCUT2D eigenvalue weighted by atomic mass is 35.5. The molecule has 0 amide bonds. The number of halogens is 1. The summed E-state index contributed by atoms with van der Waals surface area (Å²) < 4.78 is 5.24. The number of aliphatic hydroxyl groups is 1. The van der Waals surface area contributed by atoms with Gasteiger partial charge in [-0.2, -0.15) is 0 Å². The summed E-state index contributed by atoms with van der Waals surface area (Å²) in [7, 11) is 1.62. The van der Waals surface area contributed by atoms with Gasteiger partial charge in [-0.25, -0.2) is 0 Å².